The van der Waals surface area contributed by atoms with Crippen molar-refractivity contribution in [2.24, 2.45) is 5.92 Å². The maximum atomic E-state index is 14.0. The number of ether oxygens (including phenoxy) is 2. The van der Waals surface area contributed by atoms with E-state index in [-0.39, 0.29) is 30.8 Å². The van der Waals surface area contributed by atoms with E-state index in [4.69, 9.17) is 9.47 Å². The molecule has 0 fully saturated rings. The number of hydrogen-bond donors (Lipinski definition) is 1. The molecule has 0 unspecified atom stereocenters. The first-order valence-corrected chi connectivity index (χ1v) is 7.77. The molecule has 132 valence electrons. The number of hydrogen-bond acceptors (Lipinski definition) is 5. The molecule has 1 aromatic carbocycles. The SMILES string of the molecule is C=C(C[C@H](C(=O)OCC)[C@H](O)C(=O)OCC)c1ccc(C)cc1F. The summed E-state index contributed by atoms with van der Waals surface area (Å²) in [4.78, 5) is 23.8. The Hall–Kier alpha value is -2.21. The van der Waals surface area contributed by atoms with Gasteiger partial charge in [0.1, 0.15) is 5.82 Å². The van der Waals surface area contributed by atoms with Crippen LogP contribution in [0.3, 0.4) is 0 Å². The molecule has 0 aromatic heterocycles. The number of aliphatic hydroxyl groups is 1. The molecule has 0 spiro atoms. The highest BCUT2D eigenvalue weighted by Gasteiger charge is 2.35. The van der Waals surface area contributed by atoms with Gasteiger partial charge in [-0.2, -0.15) is 0 Å². The van der Waals surface area contributed by atoms with Crippen molar-refractivity contribution in [1.29, 1.82) is 0 Å². The van der Waals surface area contributed by atoms with Crippen molar-refractivity contribution in [3.05, 3.63) is 41.7 Å². The van der Waals surface area contributed by atoms with Crippen molar-refractivity contribution in [3.8, 4) is 0 Å². The number of halogens is 1. The number of carbonyl (C=O) groups excluding carboxylic acids is 2. The Morgan fingerprint density at radius 3 is 2.33 bits per heavy atom. The Bertz CT molecular complexity index is 611. The minimum atomic E-state index is -1.70. The quantitative estimate of drug-likeness (QED) is 0.738. The van der Waals surface area contributed by atoms with Gasteiger partial charge in [0.25, 0.3) is 0 Å². The van der Waals surface area contributed by atoms with Gasteiger partial charge in [-0.1, -0.05) is 18.7 Å². The third kappa shape index (κ3) is 5.16. The predicted octanol–water partition coefficient (Wildman–Crippen LogP) is 2.64. The van der Waals surface area contributed by atoms with Crippen LogP contribution in [0.25, 0.3) is 5.57 Å². The molecule has 0 aliphatic rings. The Labute approximate surface area is 141 Å². The molecule has 5 nitrogen and oxygen atoms in total. The van der Waals surface area contributed by atoms with E-state index < -0.39 is 29.8 Å². The minimum Gasteiger partial charge on any atom is -0.466 e. The molecule has 0 saturated heterocycles. The van der Waals surface area contributed by atoms with Crippen LogP contribution in [0, 0.1) is 18.7 Å². The average Bonchev–Trinajstić information content (AvgIpc) is 2.52. The Morgan fingerprint density at radius 2 is 1.79 bits per heavy atom. The van der Waals surface area contributed by atoms with E-state index in [0.29, 0.717) is 0 Å². The molecular formula is C18H23FO5. The summed E-state index contributed by atoms with van der Waals surface area (Å²) in [6.07, 6.45) is -1.83. The molecule has 1 N–H and O–H groups in total. The fourth-order valence-electron chi connectivity index (χ4n) is 2.25. The summed E-state index contributed by atoms with van der Waals surface area (Å²) in [5, 5.41) is 10.1. The van der Waals surface area contributed by atoms with Crippen LogP contribution < -0.4 is 0 Å². The minimum absolute atomic E-state index is 0.0684. The van der Waals surface area contributed by atoms with E-state index in [0.717, 1.165) is 5.56 Å². The lowest BCUT2D eigenvalue weighted by molar-refractivity contribution is -0.165. The molecule has 1 rings (SSSR count). The highest BCUT2D eigenvalue weighted by Crippen LogP contribution is 2.27. The summed E-state index contributed by atoms with van der Waals surface area (Å²) in [5.41, 5.74) is 1.26. The summed E-state index contributed by atoms with van der Waals surface area (Å²) < 4.78 is 23.7. The first kappa shape index (κ1) is 19.8. The highest BCUT2D eigenvalue weighted by molar-refractivity contribution is 5.85. The maximum absolute atomic E-state index is 14.0. The van der Waals surface area contributed by atoms with E-state index in [1.807, 2.05) is 0 Å². The van der Waals surface area contributed by atoms with Crippen molar-refractivity contribution in [2.75, 3.05) is 13.2 Å². The van der Waals surface area contributed by atoms with E-state index in [1.54, 1.807) is 32.9 Å². The summed E-state index contributed by atoms with van der Waals surface area (Å²) >= 11 is 0. The number of carbonyl (C=O) groups is 2. The van der Waals surface area contributed by atoms with Gasteiger partial charge >= 0.3 is 11.9 Å². The predicted molar refractivity (Wildman–Crippen MR) is 87.6 cm³/mol. The van der Waals surface area contributed by atoms with Crippen LogP contribution in [0.4, 0.5) is 4.39 Å². The van der Waals surface area contributed by atoms with Gasteiger partial charge in [-0.3, -0.25) is 4.79 Å². The van der Waals surface area contributed by atoms with Crippen LogP contribution in [0.5, 0.6) is 0 Å². The summed E-state index contributed by atoms with van der Waals surface area (Å²) in [6, 6.07) is 4.61. The average molecular weight is 338 g/mol. The lowest BCUT2D eigenvalue weighted by atomic mass is 9.90. The number of benzene rings is 1. The maximum Gasteiger partial charge on any atom is 0.335 e. The number of esters is 2. The fourth-order valence-corrected chi connectivity index (χ4v) is 2.25. The molecule has 2 atom stereocenters. The standard InChI is InChI=1S/C18H23FO5/c1-5-23-17(21)14(16(20)18(22)24-6-2)10-12(4)13-8-7-11(3)9-15(13)19/h7-9,14,16,20H,4-6,10H2,1-3H3/t14-,16-/m0/s1. The largest absolute Gasteiger partial charge is 0.466 e. The first-order valence-electron chi connectivity index (χ1n) is 7.77. The third-order valence-electron chi connectivity index (χ3n) is 3.47. The zero-order chi connectivity index (χ0) is 18.3. The number of aliphatic hydroxyl groups excluding tert-OH is 1. The molecule has 0 aliphatic heterocycles. The Kier molecular flexibility index (Phi) is 7.58. The van der Waals surface area contributed by atoms with Gasteiger partial charge in [-0.15, -0.1) is 0 Å². The molecule has 0 aliphatic carbocycles. The van der Waals surface area contributed by atoms with Crippen LogP contribution in [0.15, 0.2) is 24.8 Å². The van der Waals surface area contributed by atoms with Crippen LogP contribution in [-0.4, -0.2) is 36.4 Å². The number of allylic oxidation sites excluding steroid dienone is 1. The van der Waals surface area contributed by atoms with Gasteiger partial charge < -0.3 is 14.6 Å². The summed E-state index contributed by atoms with van der Waals surface area (Å²) in [7, 11) is 0. The first-order chi connectivity index (χ1) is 11.3. The van der Waals surface area contributed by atoms with Crippen LogP contribution >= 0.6 is 0 Å². The smallest absolute Gasteiger partial charge is 0.335 e. The molecule has 0 saturated carbocycles. The van der Waals surface area contributed by atoms with Gasteiger partial charge in [0.15, 0.2) is 6.10 Å². The molecule has 0 amide bonds. The van der Waals surface area contributed by atoms with E-state index in [1.165, 1.54) is 6.07 Å². The zero-order valence-electron chi connectivity index (χ0n) is 14.2. The molecule has 0 bridgehead atoms. The van der Waals surface area contributed by atoms with Crippen LogP contribution in [-0.2, 0) is 19.1 Å². The number of aryl methyl sites for hydroxylation is 1. The van der Waals surface area contributed by atoms with E-state index in [2.05, 4.69) is 6.58 Å². The second-order valence-electron chi connectivity index (χ2n) is 5.35. The van der Waals surface area contributed by atoms with Gasteiger partial charge in [-0.25, -0.2) is 9.18 Å². The van der Waals surface area contributed by atoms with Gasteiger partial charge in [0.05, 0.1) is 19.1 Å². The Balaban J connectivity index is 3.00. The zero-order valence-corrected chi connectivity index (χ0v) is 14.2. The van der Waals surface area contributed by atoms with Crippen molar-refractivity contribution in [2.45, 2.75) is 33.3 Å². The monoisotopic (exact) mass is 338 g/mol. The van der Waals surface area contributed by atoms with Gasteiger partial charge in [-0.05, 0) is 44.4 Å². The van der Waals surface area contributed by atoms with Gasteiger partial charge in [0, 0.05) is 5.56 Å². The van der Waals surface area contributed by atoms with Crippen molar-refractivity contribution in [1.82, 2.24) is 0 Å². The molecule has 24 heavy (non-hydrogen) atoms. The molecular weight excluding hydrogens is 315 g/mol. The third-order valence-corrected chi connectivity index (χ3v) is 3.47. The molecule has 0 radical (unpaired) electrons. The second kappa shape index (κ2) is 9.17. The normalized spacial score (nSPS) is 13.0. The van der Waals surface area contributed by atoms with Crippen molar-refractivity contribution < 1.29 is 28.6 Å². The number of rotatable bonds is 8. The van der Waals surface area contributed by atoms with Crippen molar-refractivity contribution >= 4 is 17.5 Å². The van der Waals surface area contributed by atoms with Crippen LogP contribution in [0.1, 0.15) is 31.4 Å². The van der Waals surface area contributed by atoms with Gasteiger partial charge in [0.2, 0.25) is 0 Å². The molecule has 1 aromatic rings. The molecule has 6 heteroatoms. The molecule has 0 heterocycles. The van der Waals surface area contributed by atoms with E-state index in [9.17, 15) is 19.1 Å². The van der Waals surface area contributed by atoms with Crippen LogP contribution in [0.2, 0.25) is 0 Å². The highest BCUT2D eigenvalue weighted by atomic mass is 19.1. The Morgan fingerprint density at radius 1 is 1.21 bits per heavy atom. The second-order valence-corrected chi connectivity index (χ2v) is 5.35. The fraction of sp³-hybridized carbons (Fsp3) is 0.444. The van der Waals surface area contributed by atoms with E-state index >= 15 is 0 Å². The summed E-state index contributed by atoms with van der Waals surface area (Å²) in [6.45, 7) is 8.89. The van der Waals surface area contributed by atoms with Crippen molar-refractivity contribution in [3.63, 3.8) is 0 Å². The lowest BCUT2D eigenvalue weighted by Crippen LogP contribution is -2.37. The topological polar surface area (TPSA) is 72.8 Å². The lowest BCUT2D eigenvalue weighted by Gasteiger charge is -2.21. The summed E-state index contributed by atoms with van der Waals surface area (Å²) in [5.74, 6) is -3.37.